The van der Waals surface area contributed by atoms with Crippen LogP contribution in [-0.4, -0.2) is 33.6 Å². The summed E-state index contributed by atoms with van der Waals surface area (Å²) in [6.07, 6.45) is 3.11. The van der Waals surface area contributed by atoms with Gasteiger partial charge in [-0.2, -0.15) is 0 Å². The number of aliphatic hydroxyl groups excluding tert-OH is 1. The molecule has 7 heteroatoms. The Morgan fingerprint density at radius 1 is 1.31 bits per heavy atom. The summed E-state index contributed by atoms with van der Waals surface area (Å²) in [4.78, 5) is 20.3. The van der Waals surface area contributed by atoms with E-state index in [-0.39, 0.29) is 12.2 Å². The van der Waals surface area contributed by atoms with Crippen LogP contribution in [0, 0.1) is 0 Å². The van der Waals surface area contributed by atoms with Gasteiger partial charge in [0.05, 0.1) is 24.3 Å². The number of aliphatic hydroxyl groups is 1. The molecule has 0 saturated carbocycles. The zero-order valence-electron chi connectivity index (χ0n) is 14.5. The Labute approximate surface area is 159 Å². The Morgan fingerprint density at radius 3 is 2.85 bits per heavy atom. The fourth-order valence-corrected chi connectivity index (χ4v) is 5.40. The molecule has 5 nitrogen and oxygen atoms in total. The van der Waals surface area contributed by atoms with Gasteiger partial charge in [0.25, 0.3) is 5.56 Å². The number of rotatable bonds is 6. The molecule has 0 spiro atoms. The van der Waals surface area contributed by atoms with Gasteiger partial charge in [-0.05, 0) is 56.0 Å². The van der Waals surface area contributed by atoms with E-state index in [0.29, 0.717) is 17.5 Å². The second-order valence-corrected chi connectivity index (χ2v) is 8.22. The molecule has 1 aliphatic rings. The lowest BCUT2D eigenvalue weighted by molar-refractivity contribution is 0.322. The average Bonchev–Trinajstić information content (AvgIpc) is 3.22. The van der Waals surface area contributed by atoms with Gasteiger partial charge in [0.15, 0.2) is 5.16 Å². The first-order valence-corrected chi connectivity index (χ1v) is 10.6. The van der Waals surface area contributed by atoms with Gasteiger partial charge in [-0.1, -0.05) is 11.8 Å². The molecule has 0 unspecified atom stereocenters. The van der Waals surface area contributed by atoms with Crippen molar-refractivity contribution in [3.05, 3.63) is 45.1 Å². The number of hydrogen-bond donors (Lipinski definition) is 1. The highest BCUT2D eigenvalue weighted by Crippen LogP contribution is 2.36. The SMILES string of the molecule is CCOc1ccc(-n2c(SCCO)nc3sc4c(c3c2=O)CCC4)cc1. The smallest absolute Gasteiger partial charge is 0.267 e. The summed E-state index contributed by atoms with van der Waals surface area (Å²) in [7, 11) is 0. The quantitative estimate of drug-likeness (QED) is 0.518. The van der Waals surface area contributed by atoms with Crippen LogP contribution in [0.25, 0.3) is 15.9 Å². The summed E-state index contributed by atoms with van der Waals surface area (Å²) in [5.41, 5.74) is 1.94. The molecule has 0 amide bonds. The zero-order chi connectivity index (χ0) is 18.1. The monoisotopic (exact) mass is 388 g/mol. The number of aryl methyl sites for hydroxylation is 2. The number of nitrogens with zero attached hydrogens (tertiary/aromatic N) is 2. The van der Waals surface area contributed by atoms with E-state index in [2.05, 4.69) is 0 Å². The molecule has 4 rings (SSSR count). The van der Waals surface area contributed by atoms with Crippen molar-refractivity contribution in [2.75, 3.05) is 19.0 Å². The van der Waals surface area contributed by atoms with Crippen LogP contribution in [-0.2, 0) is 12.8 Å². The summed E-state index contributed by atoms with van der Waals surface area (Å²) in [5, 5.41) is 10.6. The molecule has 0 aliphatic heterocycles. The van der Waals surface area contributed by atoms with Crippen LogP contribution in [0.15, 0.2) is 34.2 Å². The second kappa shape index (κ2) is 7.42. The van der Waals surface area contributed by atoms with E-state index in [1.165, 1.54) is 22.2 Å². The van der Waals surface area contributed by atoms with Crippen LogP contribution in [0.2, 0.25) is 0 Å². The van der Waals surface area contributed by atoms with E-state index in [1.807, 2.05) is 31.2 Å². The third-order valence-electron chi connectivity index (χ3n) is 4.44. The van der Waals surface area contributed by atoms with Crippen LogP contribution in [0.4, 0.5) is 0 Å². The maximum Gasteiger partial charge on any atom is 0.267 e. The molecule has 0 bridgehead atoms. The number of aromatic nitrogens is 2. The van der Waals surface area contributed by atoms with Crippen LogP contribution < -0.4 is 10.3 Å². The van der Waals surface area contributed by atoms with E-state index in [9.17, 15) is 9.90 Å². The van der Waals surface area contributed by atoms with Gasteiger partial charge < -0.3 is 9.84 Å². The van der Waals surface area contributed by atoms with Crippen LogP contribution in [0.5, 0.6) is 5.75 Å². The highest BCUT2D eigenvalue weighted by Gasteiger charge is 2.23. The molecular weight excluding hydrogens is 368 g/mol. The van der Waals surface area contributed by atoms with Crippen LogP contribution >= 0.6 is 23.1 Å². The summed E-state index contributed by atoms with van der Waals surface area (Å²) < 4.78 is 7.17. The van der Waals surface area contributed by atoms with Gasteiger partial charge in [-0.15, -0.1) is 11.3 Å². The van der Waals surface area contributed by atoms with Crippen LogP contribution in [0.3, 0.4) is 0 Å². The highest BCUT2D eigenvalue weighted by molar-refractivity contribution is 7.99. The molecule has 0 atom stereocenters. The van der Waals surface area contributed by atoms with Gasteiger partial charge >= 0.3 is 0 Å². The third-order valence-corrected chi connectivity index (χ3v) is 6.54. The largest absolute Gasteiger partial charge is 0.494 e. The van der Waals surface area contributed by atoms with Crippen molar-refractivity contribution in [1.29, 1.82) is 0 Å². The fraction of sp³-hybridized carbons (Fsp3) is 0.368. The maximum atomic E-state index is 13.4. The maximum absolute atomic E-state index is 13.4. The molecule has 2 heterocycles. The molecule has 2 aromatic heterocycles. The molecule has 0 saturated heterocycles. The standard InChI is InChI=1S/C19H20N2O3S2/c1-2-24-13-8-6-12(7-9-13)21-18(23)16-14-4-3-5-15(14)26-17(16)20-19(21)25-11-10-22/h6-9,22H,2-5,10-11H2,1H3. The van der Waals surface area contributed by atoms with Gasteiger partial charge in [-0.3, -0.25) is 9.36 Å². The summed E-state index contributed by atoms with van der Waals surface area (Å²) >= 11 is 3.04. The van der Waals surface area contributed by atoms with Gasteiger partial charge in [-0.25, -0.2) is 4.98 Å². The minimum atomic E-state index is -0.0148. The minimum absolute atomic E-state index is 0.0148. The molecule has 26 heavy (non-hydrogen) atoms. The Hall–Kier alpha value is -1.83. The van der Waals surface area contributed by atoms with E-state index in [0.717, 1.165) is 40.9 Å². The average molecular weight is 389 g/mol. The van der Waals surface area contributed by atoms with Crippen molar-refractivity contribution in [3.8, 4) is 11.4 Å². The molecule has 0 fully saturated rings. The van der Waals surface area contributed by atoms with E-state index in [1.54, 1.807) is 15.9 Å². The molecule has 3 aromatic rings. The van der Waals surface area contributed by atoms with E-state index >= 15 is 0 Å². The Morgan fingerprint density at radius 2 is 2.12 bits per heavy atom. The zero-order valence-corrected chi connectivity index (χ0v) is 16.2. The Bertz CT molecular complexity index is 993. The highest BCUT2D eigenvalue weighted by atomic mass is 32.2. The van der Waals surface area contributed by atoms with E-state index < -0.39 is 0 Å². The summed E-state index contributed by atoms with van der Waals surface area (Å²) in [6, 6.07) is 7.51. The van der Waals surface area contributed by atoms with Gasteiger partial charge in [0, 0.05) is 10.6 Å². The van der Waals surface area contributed by atoms with Gasteiger partial charge in [0.2, 0.25) is 0 Å². The fourth-order valence-electron chi connectivity index (χ4n) is 3.34. The third kappa shape index (κ3) is 3.04. The topological polar surface area (TPSA) is 64.3 Å². The van der Waals surface area contributed by atoms with Crippen molar-refractivity contribution < 1.29 is 9.84 Å². The van der Waals surface area contributed by atoms with Gasteiger partial charge in [0.1, 0.15) is 10.6 Å². The number of ether oxygens (including phenoxy) is 1. The molecular formula is C19H20N2O3S2. The number of benzene rings is 1. The van der Waals surface area contributed by atoms with Crippen molar-refractivity contribution in [1.82, 2.24) is 9.55 Å². The molecule has 0 radical (unpaired) electrons. The van der Waals surface area contributed by atoms with E-state index in [4.69, 9.17) is 9.72 Å². The second-order valence-electron chi connectivity index (χ2n) is 6.07. The molecule has 1 aromatic carbocycles. The lowest BCUT2D eigenvalue weighted by Crippen LogP contribution is -2.22. The first-order valence-electron chi connectivity index (χ1n) is 8.77. The Balaban J connectivity index is 1.90. The van der Waals surface area contributed by atoms with Crippen molar-refractivity contribution in [3.63, 3.8) is 0 Å². The first kappa shape index (κ1) is 17.6. The summed E-state index contributed by atoms with van der Waals surface area (Å²) in [5.74, 6) is 1.28. The summed E-state index contributed by atoms with van der Waals surface area (Å²) in [6.45, 7) is 2.59. The lowest BCUT2D eigenvalue weighted by atomic mass is 10.2. The predicted octanol–water partition coefficient (Wildman–Crippen LogP) is 3.42. The molecule has 1 aliphatic carbocycles. The number of thioether (sulfide) groups is 1. The first-order chi connectivity index (χ1) is 12.7. The number of thiophene rings is 1. The lowest BCUT2D eigenvalue weighted by Gasteiger charge is -2.13. The predicted molar refractivity (Wildman–Crippen MR) is 106 cm³/mol. The molecule has 1 N–H and O–H groups in total. The molecule has 136 valence electrons. The van der Waals surface area contributed by atoms with Crippen LogP contribution in [0.1, 0.15) is 23.8 Å². The Kier molecular flexibility index (Phi) is 5.02. The number of hydrogen-bond acceptors (Lipinski definition) is 6. The van der Waals surface area contributed by atoms with Crippen molar-refractivity contribution in [2.45, 2.75) is 31.3 Å². The van der Waals surface area contributed by atoms with Crippen molar-refractivity contribution >= 4 is 33.3 Å². The number of fused-ring (bicyclic) bond motifs is 3. The normalized spacial score (nSPS) is 13.3. The minimum Gasteiger partial charge on any atom is -0.494 e. The van der Waals surface area contributed by atoms with Crippen molar-refractivity contribution in [2.24, 2.45) is 0 Å².